The fourth-order valence-corrected chi connectivity index (χ4v) is 3.67. The lowest BCUT2D eigenvalue weighted by Crippen LogP contribution is -2.25. The number of ether oxygens (including phenoxy) is 1. The van der Waals surface area contributed by atoms with Crippen LogP contribution in [0.25, 0.3) is 10.2 Å². The molecular formula is C18H20ClN3O2S. The van der Waals surface area contributed by atoms with Crippen molar-refractivity contribution in [1.82, 2.24) is 9.97 Å². The van der Waals surface area contributed by atoms with Crippen LogP contribution in [0.15, 0.2) is 36.5 Å². The molecule has 0 saturated carbocycles. The number of thiazole rings is 1. The number of benzene rings is 1. The first-order valence-corrected chi connectivity index (χ1v) is 9.30. The van der Waals surface area contributed by atoms with Crippen molar-refractivity contribution in [2.24, 2.45) is 5.92 Å². The molecule has 1 unspecified atom stereocenters. The number of aliphatic hydroxyl groups is 1. The van der Waals surface area contributed by atoms with Crippen molar-refractivity contribution in [3.05, 3.63) is 41.7 Å². The summed E-state index contributed by atoms with van der Waals surface area (Å²) in [6.07, 6.45) is 2.50. The van der Waals surface area contributed by atoms with E-state index in [-0.39, 0.29) is 12.6 Å². The van der Waals surface area contributed by atoms with E-state index in [4.69, 9.17) is 16.3 Å². The lowest BCUT2D eigenvalue weighted by molar-refractivity contribution is 0.259. The molecule has 5 nitrogen and oxygen atoms in total. The van der Waals surface area contributed by atoms with Gasteiger partial charge in [0.05, 0.1) is 22.9 Å². The molecule has 2 heterocycles. The van der Waals surface area contributed by atoms with Gasteiger partial charge in [-0.1, -0.05) is 36.8 Å². The number of halogens is 1. The standard InChI is InChI=1S/C18H20ClN3O2S/c1-11(2)7-12(10-23)21-18-22-15-4-3-13(8-16(15)25-18)24-14-5-6-20-17(19)9-14/h3-6,8-9,11-12,23H,7,10H2,1-2H3,(H,21,22). The zero-order valence-corrected chi connectivity index (χ0v) is 15.6. The van der Waals surface area contributed by atoms with Crippen LogP contribution < -0.4 is 10.1 Å². The van der Waals surface area contributed by atoms with Gasteiger partial charge >= 0.3 is 0 Å². The zero-order chi connectivity index (χ0) is 17.8. The molecule has 2 N–H and O–H groups in total. The van der Waals surface area contributed by atoms with Gasteiger partial charge in [-0.25, -0.2) is 9.97 Å². The number of anilines is 1. The Hall–Kier alpha value is -1.89. The van der Waals surface area contributed by atoms with Crippen LogP contribution in [0.5, 0.6) is 11.5 Å². The van der Waals surface area contributed by atoms with Crippen LogP contribution in [0, 0.1) is 5.92 Å². The summed E-state index contributed by atoms with van der Waals surface area (Å²) in [7, 11) is 0. The third kappa shape index (κ3) is 4.81. The zero-order valence-electron chi connectivity index (χ0n) is 14.1. The number of nitrogens with zero attached hydrogens (tertiary/aromatic N) is 2. The Bertz CT molecular complexity index is 853. The monoisotopic (exact) mass is 377 g/mol. The Morgan fingerprint density at radius 1 is 1.24 bits per heavy atom. The van der Waals surface area contributed by atoms with E-state index in [1.807, 2.05) is 18.2 Å². The molecule has 3 rings (SSSR count). The Morgan fingerprint density at radius 3 is 2.76 bits per heavy atom. The van der Waals surface area contributed by atoms with Crippen molar-refractivity contribution in [3.63, 3.8) is 0 Å². The van der Waals surface area contributed by atoms with E-state index in [0.29, 0.717) is 22.6 Å². The minimum absolute atomic E-state index is 0.00948. The number of aromatic nitrogens is 2. The van der Waals surface area contributed by atoms with Crippen molar-refractivity contribution >= 4 is 38.3 Å². The summed E-state index contributed by atoms with van der Waals surface area (Å²) < 4.78 is 6.84. The summed E-state index contributed by atoms with van der Waals surface area (Å²) in [5.74, 6) is 1.86. The van der Waals surface area contributed by atoms with Crippen molar-refractivity contribution in [2.75, 3.05) is 11.9 Å². The normalized spacial score (nSPS) is 12.5. The van der Waals surface area contributed by atoms with Crippen LogP contribution in [0.2, 0.25) is 5.15 Å². The number of aliphatic hydroxyl groups excluding tert-OH is 1. The van der Waals surface area contributed by atoms with E-state index in [0.717, 1.165) is 21.8 Å². The molecule has 0 fully saturated rings. The maximum Gasteiger partial charge on any atom is 0.184 e. The van der Waals surface area contributed by atoms with Crippen molar-refractivity contribution < 1.29 is 9.84 Å². The number of pyridine rings is 1. The number of fused-ring (bicyclic) bond motifs is 1. The summed E-state index contributed by atoms with van der Waals surface area (Å²) in [6, 6.07) is 9.18. The van der Waals surface area contributed by atoms with E-state index < -0.39 is 0 Å². The van der Waals surface area contributed by atoms with E-state index in [9.17, 15) is 5.11 Å². The van der Waals surface area contributed by atoms with Gasteiger partial charge in [-0.05, 0) is 30.5 Å². The largest absolute Gasteiger partial charge is 0.457 e. The Morgan fingerprint density at radius 2 is 2.04 bits per heavy atom. The molecule has 3 aromatic rings. The molecule has 1 atom stereocenters. The van der Waals surface area contributed by atoms with Crippen LogP contribution in [0.4, 0.5) is 5.13 Å². The fraction of sp³-hybridized carbons (Fsp3) is 0.333. The summed E-state index contributed by atoms with van der Waals surface area (Å²) in [4.78, 5) is 8.52. The van der Waals surface area contributed by atoms with Gasteiger partial charge < -0.3 is 15.2 Å². The maximum absolute atomic E-state index is 9.52. The van der Waals surface area contributed by atoms with Crippen LogP contribution in [0.3, 0.4) is 0 Å². The van der Waals surface area contributed by atoms with E-state index in [1.54, 1.807) is 29.7 Å². The first kappa shape index (κ1) is 17.9. The highest BCUT2D eigenvalue weighted by Gasteiger charge is 2.13. The third-order valence-corrected chi connectivity index (χ3v) is 4.75. The molecular weight excluding hydrogens is 358 g/mol. The Balaban J connectivity index is 1.77. The van der Waals surface area contributed by atoms with Gasteiger partial charge in [0.25, 0.3) is 0 Å². The topological polar surface area (TPSA) is 67.3 Å². The smallest absolute Gasteiger partial charge is 0.184 e. The van der Waals surface area contributed by atoms with Crippen molar-refractivity contribution in [2.45, 2.75) is 26.3 Å². The first-order chi connectivity index (χ1) is 12.0. The molecule has 0 aliphatic rings. The predicted molar refractivity (Wildman–Crippen MR) is 103 cm³/mol. The highest BCUT2D eigenvalue weighted by molar-refractivity contribution is 7.22. The minimum Gasteiger partial charge on any atom is -0.457 e. The fourth-order valence-electron chi connectivity index (χ4n) is 2.54. The molecule has 1 aromatic carbocycles. The molecule has 7 heteroatoms. The quantitative estimate of drug-likeness (QED) is 0.570. The molecule has 0 spiro atoms. The Labute approximate surface area is 155 Å². The van der Waals surface area contributed by atoms with Gasteiger partial charge in [0.1, 0.15) is 16.7 Å². The van der Waals surface area contributed by atoms with E-state index >= 15 is 0 Å². The average Bonchev–Trinajstić information content (AvgIpc) is 2.95. The number of rotatable bonds is 7. The SMILES string of the molecule is CC(C)CC(CO)Nc1nc2ccc(Oc3ccnc(Cl)c3)cc2s1. The van der Waals surface area contributed by atoms with Crippen molar-refractivity contribution in [3.8, 4) is 11.5 Å². The maximum atomic E-state index is 9.52. The van der Waals surface area contributed by atoms with Gasteiger partial charge in [-0.15, -0.1) is 0 Å². The molecule has 0 amide bonds. The third-order valence-electron chi connectivity index (χ3n) is 3.60. The minimum atomic E-state index is 0.00948. The lowest BCUT2D eigenvalue weighted by atomic mass is 10.0. The van der Waals surface area contributed by atoms with Crippen LogP contribution in [-0.2, 0) is 0 Å². The van der Waals surface area contributed by atoms with Gasteiger partial charge in [-0.2, -0.15) is 0 Å². The van der Waals surface area contributed by atoms with Crippen LogP contribution >= 0.6 is 22.9 Å². The first-order valence-electron chi connectivity index (χ1n) is 8.11. The molecule has 0 saturated heterocycles. The summed E-state index contributed by atoms with van der Waals surface area (Å²) in [5.41, 5.74) is 0.897. The predicted octanol–water partition coefficient (Wildman–Crippen LogP) is 4.96. The highest BCUT2D eigenvalue weighted by Crippen LogP contribution is 2.32. The lowest BCUT2D eigenvalue weighted by Gasteiger charge is -2.17. The highest BCUT2D eigenvalue weighted by atomic mass is 35.5. The second-order valence-corrected chi connectivity index (χ2v) is 7.64. The van der Waals surface area contributed by atoms with Gasteiger partial charge in [-0.3, -0.25) is 0 Å². The number of nitrogens with one attached hydrogen (secondary N) is 1. The second kappa shape index (κ2) is 7.99. The number of hydrogen-bond donors (Lipinski definition) is 2. The van der Waals surface area contributed by atoms with Gasteiger partial charge in [0.15, 0.2) is 5.13 Å². The molecule has 0 aliphatic heterocycles. The molecule has 2 aromatic heterocycles. The van der Waals surface area contributed by atoms with E-state index in [2.05, 4.69) is 29.1 Å². The van der Waals surface area contributed by atoms with Crippen LogP contribution in [0.1, 0.15) is 20.3 Å². The summed E-state index contributed by atoms with van der Waals surface area (Å²) in [5, 5.41) is 14.0. The molecule has 0 radical (unpaired) electrons. The van der Waals surface area contributed by atoms with Gasteiger partial charge in [0.2, 0.25) is 0 Å². The van der Waals surface area contributed by atoms with E-state index in [1.165, 1.54) is 0 Å². The van der Waals surface area contributed by atoms with Crippen LogP contribution in [-0.4, -0.2) is 27.7 Å². The summed E-state index contributed by atoms with van der Waals surface area (Å²) in [6.45, 7) is 4.36. The second-order valence-electron chi connectivity index (χ2n) is 6.22. The van der Waals surface area contributed by atoms with Crippen molar-refractivity contribution in [1.29, 1.82) is 0 Å². The number of hydrogen-bond acceptors (Lipinski definition) is 6. The molecule has 25 heavy (non-hydrogen) atoms. The summed E-state index contributed by atoms with van der Waals surface area (Å²) >= 11 is 7.42. The molecule has 132 valence electrons. The average molecular weight is 378 g/mol. The molecule has 0 aliphatic carbocycles. The Kier molecular flexibility index (Phi) is 5.73. The molecule has 0 bridgehead atoms. The van der Waals surface area contributed by atoms with Gasteiger partial charge in [0, 0.05) is 18.3 Å².